The highest BCUT2D eigenvalue weighted by molar-refractivity contribution is 7.91. The van der Waals surface area contributed by atoms with Crippen LogP contribution in [0.25, 0.3) is 10.9 Å². The highest BCUT2D eigenvalue weighted by Gasteiger charge is 2.33. The Labute approximate surface area is 227 Å². The van der Waals surface area contributed by atoms with Crippen molar-refractivity contribution >= 4 is 32.3 Å². The molecule has 1 aliphatic heterocycles. The van der Waals surface area contributed by atoms with E-state index in [1.807, 2.05) is 23.9 Å². The van der Waals surface area contributed by atoms with Gasteiger partial charge >= 0.3 is 12.1 Å². The minimum absolute atomic E-state index is 0.0432. The standard InChI is InChI=1S/C25H28ClF3N4O5S/c1-4-39(36,37)22-6-5-17(26)9-16(22)13-33-23(34)19-11-21(38-25(27,28)29)15(10-20(19)30-24(33)35)12-32-8-7-18(14-32)31(2)3/h5-6,9-11,18H,4,7-8,12-14H2,1-3H3,(H,30,35). The molecular formula is C25H28ClF3N4O5S. The fourth-order valence-corrected chi connectivity index (χ4v) is 6.04. The minimum Gasteiger partial charge on any atom is -0.405 e. The molecule has 212 valence electrons. The third kappa shape index (κ3) is 6.48. The molecule has 0 spiro atoms. The van der Waals surface area contributed by atoms with Gasteiger partial charge in [0.15, 0.2) is 9.84 Å². The summed E-state index contributed by atoms with van der Waals surface area (Å²) in [5.41, 5.74) is -1.44. The molecule has 0 bridgehead atoms. The van der Waals surface area contributed by atoms with Gasteiger partial charge in [-0.1, -0.05) is 18.5 Å². The summed E-state index contributed by atoms with van der Waals surface area (Å²) < 4.78 is 70.1. The van der Waals surface area contributed by atoms with Crippen molar-refractivity contribution in [2.75, 3.05) is 32.9 Å². The zero-order valence-corrected chi connectivity index (χ0v) is 23.1. The van der Waals surface area contributed by atoms with Gasteiger partial charge in [0.1, 0.15) is 5.75 Å². The van der Waals surface area contributed by atoms with E-state index < -0.39 is 39.7 Å². The molecule has 4 rings (SSSR count). The van der Waals surface area contributed by atoms with E-state index in [4.69, 9.17) is 11.6 Å². The van der Waals surface area contributed by atoms with Crippen LogP contribution in [0.3, 0.4) is 0 Å². The second kappa shape index (κ2) is 11.0. The highest BCUT2D eigenvalue weighted by atomic mass is 35.5. The van der Waals surface area contributed by atoms with Crippen molar-refractivity contribution in [2.45, 2.75) is 43.7 Å². The molecule has 3 aromatic rings. The molecule has 0 radical (unpaired) electrons. The predicted molar refractivity (Wildman–Crippen MR) is 141 cm³/mol. The Balaban J connectivity index is 1.80. The normalized spacial score (nSPS) is 16.9. The summed E-state index contributed by atoms with van der Waals surface area (Å²) in [5.74, 6) is -0.770. The van der Waals surface area contributed by atoms with Gasteiger partial charge in [-0.15, -0.1) is 13.2 Å². The van der Waals surface area contributed by atoms with E-state index in [-0.39, 0.29) is 50.3 Å². The van der Waals surface area contributed by atoms with Gasteiger partial charge in [0.2, 0.25) is 0 Å². The van der Waals surface area contributed by atoms with Crippen molar-refractivity contribution in [3.8, 4) is 5.75 Å². The van der Waals surface area contributed by atoms with E-state index in [1.165, 1.54) is 31.2 Å². The summed E-state index contributed by atoms with van der Waals surface area (Å²) in [6.45, 7) is 2.41. The van der Waals surface area contributed by atoms with Crippen molar-refractivity contribution in [1.82, 2.24) is 19.4 Å². The molecule has 1 unspecified atom stereocenters. The van der Waals surface area contributed by atoms with Crippen molar-refractivity contribution in [3.63, 3.8) is 0 Å². The molecule has 1 saturated heterocycles. The Kier molecular flexibility index (Phi) is 8.18. The molecule has 9 nitrogen and oxygen atoms in total. The third-order valence-corrected chi connectivity index (χ3v) is 8.89. The second-order valence-electron chi connectivity index (χ2n) is 9.67. The van der Waals surface area contributed by atoms with Gasteiger partial charge in [-0.25, -0.2) is 13.2 Å². The number of halogens is 4. The lowest BCUT2D eigenvalue weighted by atomic mass is 10.1. The monoisotopic (exact) mass is 588 g/mol. The van der Waals surface area contributed by atoms with E-state index in [2.05, 4.69) is 9.72 Å². The summed E-state index contributed by atoms with van der Waals surface area (Å²) in [4.78, 5) is 32.8. The number of ether oxygens (including phenoxy) is 1. The molecule has 1 atom stereocenters. The Morgan fingerprint density at radius 1 is 1.13 bits per heavy atom. The first-order valence-corrected chi connectivity index (χ1v) is 14.2. The van der Waals surface area contributed by atoms with Crippen molar-refractivity contribution in [2.24, 2.45) is 0 Å². The lowest BCUT2D eigenvalue weighted by Gasteiger charge is -2.22. The summed E-state index contributed by atoms with van der Waals surface area (Å²) >= 11 is 6.05. The third-order valence-electron chi connectivity index (χ3n) is 6.83. The largest absolute Gasteiger partial charge is 0.573 e. The topological polar surface area (TPSA) is 105 Å². The van der Waals surface area contributed by atoms with Crippen LogP contribution >= 0.6 is 11.6 Å². The molecule has 14 heteroatoms. The van der Waals surface area contributed by atoms with Crippen LogP contribution in [0.2, 0.25) is 5.02 Å². The number of nitrogens with zero attached hydrogens (tertiary/aromatic N) is 3. The molecule has 39 heavy (non-hydrogen) atoms. The number of hydrogen-bond acceptors (Lipinski definition) is 7. The van der Waals surface area contributed by atoms with Gasteiger partial charge in [0.05, 0.1) is 28.1 Å². The molecule has 1 fully saturated rings. The van der Waals surface area contributed by atoms with E-state index in [1.54, 1.807) is 0 Å². The summed E-state index contributed by atoms with van der Waals surface area (Å²) in [6, 6.07) is 6.53. The first-order chi connectivity index (χ1) is 18.2. The number of rotatable bonds is 8. The van der Waals surface area contributed by atoms with Crippen LogP contribution < -0.4 is 16.0 Å². The van der Waals surface area contributed by atoms with Crippen molar-refractivity contribution < 1.29 is 26.3 Å². The number of benzene rings is 2. The fraction of sp³-hybridized carbons (Fsp3) is 0.440. The smallest absolute Gasteiger partial charge is 0.405 e. The molecule has 1 aromatic heterocycles. The number of nitrogens with one attached hydrogen (secondary N) is 1. The molecular weight excluding hydrogens is 561 g/mol. The number of fused-ring (bicyclic) bond motifs is 1. The van der Waals surface area contributed by atoms with E-state index in [0.717, 1.165) is 17.1 Å². The van der Waals surface area contributed by atoms with Gasteiger partial charge in [-0.3, -0.25) is 14.3 Å². The quantitative estimate of drug-likeness (QED) is 0.431. The maximum absolute atomic E-state index is 13.4. The van der Waals surface area contributed by atoms with Crippen LogP contribution in [0.15, 0.2) is 44.8 Å². The lowest BCUT2D eigenvalue weighted by Crippen LogP contribution is -2.36. The predicted octanol–water partition coefficient (Wildman–Crippen LogP) is 3.22. The summed E-state index contributed by atoms with van der Waals surface area (Å²) in [5, 5.41) is -0.0265. The minimum atomic E-state index is -5.01. The van der Waals surface area contributed by atoms with Crippen LogP contribution in [0.1, 0.15) is 24.5 Å². The first-order valence-electron chi connectivity index (χ1n) is 12.1. The summed E-state index contributed by atoms with van der Waals surface area (Å²) in [7, 11) is 0.139. The Morgan fingerprint density at radius 2 is 1.85 bits per heavy atom. The molecule has 0 aliphatic carbocycles. The molecule has 2 heterocycles. The number of aromatic nitrogens is 2. The van der Waals surface area contributed by atoms with Crippen LogP contribution in [0.5, 0.6) is 5.75 Å². The van der Waals surface area contributed by atoms with Crippen molar-refractivity contribution in [1.29, 1.82) is 0 Å². The SMILES string of the molecule is CCS(=O)(=O)c1ccc(Cl)cc1Cn1c(=O)[nH]c2cc(CN3CCC(N(C)C)C3)c(OC(F)(F)F)cc2c1=O. The van der Waals surface area contributed by atoms with E-state index >= 15 is 0 Å². The molecule has 1 N–H and O–H groups in total. The molecule has 0 saturated carbocycles. The van der Waals surface area contributed by atoms with Crippen molar-refractivity contribution in [3.05, 3.63) is 67.3 Å². The lowest BCUT2D eigenvalue weighted by molar-refractivity contribution is -0.274. The second-order valence-corrected chi connectivity index (χ2v) is 12.4. The van der Waals surface area contributed by atoms with Gasteiger partial charge < -0.3 is 14.6 Å². The maximum atomic E-state index is 13.4. The zero-order valence-electron chi connectivity index (χ0n) is 21.5. The Bertz CT molecular complexity index is 1620. The number of H-pyrrole nitrogens is 1. The average molecular weight is 589 g/mol. The highest BCUT2D eigenvalue weighted by Crippen LogP contribution is 2.31. The van der Waals surface area contributed by atoms with Gasteiger partial charge in [-0.05, 0) is 56.4 Å². The zero-order chi connectivity index (χ0) is 28.7. The summed E-state index contributed by atoms with van der Waals surface area (Å²) in [6.07, 6.45) is -4.16. The van der Waals surface area contributed by atoms with E-state index in [0.29, 0.717) is 13.1 Å². The fourth-order valence-electron chi connectivity index (χ4n) is 4.73. The van der Waals surface area contributed by atoms with E-state index in [9.17, 15) is 31.2 Å². The number of aromatic amines is 1. The van der Waals surface area contributed by atoms with Gasteiger partial charge in [0.25, 0.3) is 5.56 Å². The molecule has 0 amide bonds. The Hall–Kier alpha value is -2.87. The van der Waals surface area contributed by atoms with Gasteiger partial charge in [-0.2, -0.15) is 0 Å². The maximum Gasteiger partial charge on any atom is 0.573 e. The number of alkyl halides is 3. The number of hydrogen-bond donors (Lipinski definition) is 1. The van der Waals surface area contributed by atoms with Crippen LogP contribution in [0, 0.1) is 0 Å². The van der Waals surface area contributed by atoms with Gasteiger partial charge in [0, 0.05) is 36.3 Å². The van der Waals surface area contributed by atoms with Crippen LogP contribution in [-0.2, 0) is 22.9 Å². The number of likely N-dealkylation sites (tertiary alicyclic amines) is 1. The average Bonchev–Trinajstić information content (AvgIpc) is 3.31. The number of sulfone groups is 1. The van der Waals surface area contributed by atoms with Crippen LogP contribution in [-0.4, -0.2) is 73.1 Å². The number of likely N-dealkylation sites (N-methyl/N-ethyl adjacent to an activating group) is 1. The van der Waals surface area contributed by atoms with Crippen LogP contribution in [0.4, 0.5) is 13.2 Å². The molecule has 2 aromatic carbocycles. The Morgan fingerprint density at radius 3 is 2.46 bits per heavy atom. The molecule has 1 aliphatic rings. The first kappa shape index (κ1) is 29.1.